The van der Waals surface area contributed by atoms with Gasteiger partial charge in [-0.2, -0.15) is 5.26 Å². The number of piperidine rings is 1. The maximum atomic E-state index is 12.6. The van der Waals surface area contributed by atoms with Crippen molar-refractivity contribution in [3.63, 3.8) is 0 Å². The minimum atomic E-state index is -0.274. The molecular formula is C19H22N4O4. The molecule has 0 unspecified atom stereocenters. The standard InChI is InChI=1S/C19H22N4O4/c1-27-10-9-22-17(24)13-23(19(22)26)16-5-7-21(8-6-16)18(25)15-4-2-3-14(11-15)12-20/h2-4,11,16H,5-10,13H2,1H3. The molecule has 0 aliphatic carbocycles. The molecule has 0 aromatic heterocycles. The van der Waals surface area contributed by atoms with Crippen molar-refractivity contribution < 1.29 is 19.1 Å². The number of ether oxygens (including phenoxy) is 1. The molecule has 2 fully saturated rings. The average molecular weight is 370 g/mol. The Balaban J connectivity index is 1.59. The molecule has 2 aliphatic heterocycles. The van der Waals surface area contributed by atoms with Crippen molar-refractivity contribution in [2.45, 2.75) is 18.9 Å². The van der Waals surface area contributed by atoms with Gasteiger partial charge in [0.2, 0.25) is 5.91 Å². The van der Waals surface area contributed by atoms with Crippen LogP contribution in [0.5, 0.6) is 0 Å². The van der Waals surface area contributed by atoms with Crippen molar-refractivity contribution in [1.29, 1.82) is 5.26 Å². The van der Waals surface area contributed by atoms with E-state index in [9.17, 15) is 14.4 Å². The summed E-state index contributed by atoms with van der Waals surface area (Å²) in [6.07, 6.45) is 1.25. The molecule has 8 nitrogen and oxygen atoms in total. The fraction of sp³-hybridized carbons (Fsp3) is 0.474. The van der Waals surface area contributed by atoms with Crippen LogP contribution >= 0.6 is 0 Å². The van der Waals surface area contributed by atoms with Gasteiger partial charge < -0.3 is 14.5 Å². The zero-order valence-electron chi connectivity index (χ0n) is 15.3. The summed E-state index contributed by atoms with van der Waals surface area (Å²) in [5.74, 6) is -0.319. The molecule has 2 heterocycles. The monoisotopic (exact) mass is 370 g/mol. The Hall–Kier alpha value is -2.92. The Morgan fingerprint density at radius 3 is 2.70 bits per heavy atom. The summed E-state index contributed by atoms with van der Waals surface area (Å²) in [6.45, 7) is 1.69. The van der Waals surface area contributed by atoms with Crippen molar-refractivity contribution in [2.75, 3.05) is 39.9 Å². The molecule has 0 radical (unpaired) electrons. The normalized spacial score (nSPS) is 18.1. The van der Waals surface area contributed by atoms with Gasteiger partial charge in [0.05, 0.1) is 24.8 Å². The van der Waals surface area contributed by atoms with E-state index in [2.05, 4.69) is 0 Å². The number of carbonyl (C=O) groups is 3. The quantitative estimate of drug-likeness (QED) is 0.723. The number of imide groups is 1. The first kappa shape index (κ1) is 18.9. The molecule has 0 spiro atoms. The fourth-order valence-electron chi connectivity index (χ4n) is 3.53. The van der Waals surface area contributed by atoms with Crippen LogP contribution in [0.1, 0.15) is 28.8 Å². The van der Waals surface area contributed by atoms with E-state index in [4.69, 9.17) is 10.00 Å². The van der Waals surface area contributed by atoms with Gasteiger partial charge in [-0.05, 0) is 31.0 Å². The highest BCUT2D eigenvalue weighted by atomic mass is 16.5. The third-order valence-corrected chi connectivity index (χ3v) is 5.03. The summed E-state index contributed by atoms with van der Waals surface area (Å²) in [5, 5.41) is 8.98. The first-order valence-electron chi connectivity index (χ1n) is 8.94. The molecule has 2 saturated heterocycles. The Morgan fingerprint density at radius 1 is 1.30 bits per heavy atom. The Labute approximate surface area is 157 Å². The van der Waals surface area contributed by atoms with Gasteiger partial charge in [-0.25, -0.2) is 4.79 Å². The minimum absolute atomic E-state index is 0.0523. The second-order valence-corrected chi connectivity index (χ2v) is 6.66. The molecule has 27 heavy (non-hydrogen) atoms. The largest absolute Gasteiger partial charge is 0.383 e. The summed E-state index contributed by atoms with van der Waals surface area (Å²) < 4.78 is 4.95. The summed E-state index contributed by atoms with van der Waals surface area (Å²) >= 11 is 0. The smallest absolute Gasteiger partial charge is 0.327 e. The second-order valence-electron chi connectivity index (χ2n) is 6.66. The maximum absolute atomic E-state index is 12.6. The van der Waals surface area contributed by atoms with Crippen LogP contribution in [0.2, 0.25) is 0 Å². The van der Waals surface area contributed by atoms with Gasteiger partial charge >= 0.3 is 6.03 Å². The molecule has 0 atom stereocenters. The van der Waals surface area contributed by atoms with Crippen LogP contribution in [0.15, 0.2) is 24.3 Å². The van der Waals surface area contributed by atoms with E-state index in [1.54, 1.807) is 34.1 Å². The number of carbonyl (C=O) groups excluding carboxylic acids is 3. The van der Waals surface area contributed by atoms with E-state index in [1.807, 2.05) is 6.07 Å². The molecule has 1 aromatic rings. The lowest BCUT2D eigenvalue weighted by atomic mass is 10.0. The fourth-order valence-corrected chi connectivity index (χ4v) is 3.53. The lowest BCUT2D eigenvalue weighted by Crippen LogP contribution is -2.48. The van der Waals surface area contributed by atoms with Crippen LogP contribution in [0.4, 0.5) is 4.79 Å². The third-order valence-electron chi connectivity index (χ3n) is 5.03. The third kappa shape index (κ3) is 3.93. The number of nitrogens with zero attached hydrogens (tertiary/aromatic N) is 4. The van der Waals surface area contributed by atoms with Gasteiger partial charge in [-0.3, -0.25) is 14.5 Å². The van der Waals surface area contributed by atoms with Gasteiger partial charge in [0, 0.05) is 31.8 Å². The van der Waals surface area contributed by atoms with Crippen LogP contribution in [0, 0.1) is 11.3 Å². The maximum Gasteiger partial charge on any atom is 0.327 e. The predicted molar refractivity (Wildman–Crippen MR) is 95.8 cm³/mol. The molecule has 142 valence electrons. The highest BCUT2D eigenvalue weighted by molar-refractivity contribution is 6.02. The number of amides is 4. The zero-order valence-corrected chi connectivity index (χ0v) is 15.3. The Morgan fingerprint density at radius 2 is 2.04 bits per heavy atom. The first-order valence-corrected chi connectivity index (χ1v) is 8.94. The van der Waals surface area contributed by atoms with E-state index >= 15 is 0 Å². The van der Waals surface area contributed by atoms with Crippen molar-refractivity contribution in [1.82, 2.24) is 14.7 Å². The topological polar surface area (TPSA) is 93.9 Å². The van der Waals surface area contributed by atoms with E-state index in [1.165, 1.54) is 12.0 Å². The van der Waals surface area contributed by atoms with Crippen molar-refractivity contribution >= 4 is 17.8 Å². The van der Waals surface area contributed by atoms with Crippen LogP contribution in [-0.2, 0) is 9.53 Å². The average Bonchev–Trinajstić information content (AvgIpc) is 2.99. The van der Waals surface area contributed by atoms with Gasteiger partial charge in [0.1, 0.15) is 6.54 Å². The summed E-state index contributed by atoms with van der Waals surface area (Å²) in [7, 11) is 1.53. The molecule has 3 rings (SSSR count). The highest BCUT2D eigenvalue weighted by Gasteiger charge is 2.40. The van der Waals surface area contributed by atoms with Gasteiger partial charge in [-0.1, -0.05) is 6.07 Å². The molecule has 0 N–H and O–H groups in total. The predicted octanol–water partition coefficient (Wildman–Crippen LogP) is 1.07. The number of urea groups is 1. The molecule has 0 saturated carbocycles. The molecule has 2 aliphatic rings. The van der Waals surface area contributed by atoms with Crippen molar-refractivity contribution in [2.24, 2.45) is 0 Å². The lowest BCUT2D eigenvalue weighted by molar-refractivity contribution is -0.125. The number of hydrogen-bond acceptors (Lipinski definition) is 5. The number of methoxy groups -OCH3 is 1. The highest BCUT2D eigenvalue weighted by Crippen LogP contribution is 2.23. The number of rotatable bonds is 5. The van der Waals surface area contributed by atoms with Crippen LogP contribution in [0.25, 0.3) is 0 Å². The van der Waals surface area contributed by atoms with Crippen LogP contribution in [-0.4, -0.2) is 78.5 Å². The van der Waals surface area contributed by atoms with E-state index < -0.39 is 0 Å². The Kier molecular flexibility index (Phi) is 5.72. The molecule has 4 amide bonds. The number of benzene rings is 1. The zero-order chi connectivity index (χ0) is 19.4. The minimum Gasteiger partial charge on any atom is -0.383 e. The number of hydrogen-bond donors (Lipinski definition) is 0. The van der Waals surface area contributed by atoms with E-state index in [0.717, 1.165) is 0 Å². The van der Waals surface area contributed by atoms with Gasteiger partial charge in [0.25, 0.3) is 5.91 Å². The SMILES string of the molecule is COCCN1C(=O)CN(C2CCN(C(=O)c3cccc(C#N)c3)CC2)C1=O. The summed E-state index contributed by atoms with van der Waals surface area (Å²) in [5.41, 5.74) is 0.943. The summed E-state index contributed by atoms with van der Waals surface area (Å²) in [6, 6.07) is 8.35. The van der Waals surface area contributed by atoms with Crippen molar-refractivity contribution in [3.8, 4) is 6.07 Å². The molecular weight excluding hydrogens is 348 g/mol. The summed E-state index contributed by atoms with van der Waals surface area (Å²) in [4.78, 5) is 41.8. The first-order chi connectivity index (χ1) is 13.0. The second kappa shape index (κ2) is 8.18. The lowest BCUT2D eigenvalue weighted by Gasteiger charge is -2.36. The van der Waals surface area contributed by atoms with Crippen molar-refractivity contribution in [3.05, 3.63) is 35.4 Å². The molecule has 1 aromatic carbocycles. The van der Waals surface area contributed by atoms with Gasteiger partial charge in [-0.15, -0.1) is 0 Å². The molecule has 8 heteroatoms. The van der Waals surface area contributed by atoms with E-state index in [-0.39, 0.29) is 37.0 Å². The number of likely N-dealkylation sites (tertiary alicyclic amines) is 1. The van der Waals surface area contributed by atoms with Crippen LogP contribution in [0.3, 0.4) is 0 Å². The number of nitriles is 1. The van der Waals surface area contributed by atoms with Gasteiger partial charge in [0.15, 0.2) is 0 Å². The molecule has 0 bridgehead atoms. The Bertz CT molecular complexity index is 780. The van der Waals surface area contributed by atoms with Crippen LogP contribution < -0.4 is 0 Å². The van der Waals surface area contributed by atoms with E-state index in [0.29, 0.717) is 43.7 Å².